The molecular formula is C9H10N4. The quantitative estimate of drug-likeness (QED) is 0.722. The minimum atomic E-state index is 0.635. The molecule has 2 heterocycles. The molecule has 0 aromatic carbocycles. The molecular weight excluding hydrogens is 164 g/mol. The topological polar surface area (TPSA) is 55.9 Å². The number of hydrogen-bond acceptors (Lipinski definition) is 3. The van der Waals surface area contributed by atoms with Crippen molar-refractivity contribution in [3.05, 3.63) is 42.9 Å². The molecule has 4 nitrogen and oxygen atoms in total. The van der Waals surface area contributed by atoms with Gasteiger partial charge in [0.1, 0.15) is 0 Å². The average Bonchev–Trinajstić information content (AvgIpc) is 2.61. The summed E-state index contributed by atoms with van der Waals surface area (Å²) in [5, 5.41) is 0. The first-order valence-corrected chi connectivity index (χ1v) is 3.97. The lowest BCUT2D eigenvalue weighted by molar-refractivity contribution is 0.954. The number of aromatic nitrogens is 2. The number of nitrogens with one attached hydrogen (secondary N) is 1. The number of hydrogen-bond donors (Lipinski definition) is 2. The summed E-state index contributed by atoms with van der Waals surface area (Å²) in [4.78, 5) is 4.10. The van der Waals surface area contributed by atoms with Gasteiger partial charge >= 0.3 is 0 Å². The fourth-order valence-corrected chi connectivity index (χ4v) is 1.04. The van der Waals surface area contributed by atoms with Crippen LogP contribution in [0, 0.1) is 0 Å². The number of pyridine rings is 1. The molecule has 0 aliphatic rings. The lowest BCUT2D eigenvalue weighted by Crippen LogP contribution is -2.09. The summed E-state index contributed by atoms with van der Waals surface area (Å²) in [6.07, 6.45) is 5.46. The zero-order chi connectivity index (χ0) is 9.10. The number of anilines is 2. The van der Waals surface area contributed by atoms with Crippen LogP contribution in [0.1, 0.15) is 0 Å². The first-order chi connectivity index (χ1) is 6.36. The normalized spacial score (nSPS) is 9.85. The maximum atomic E-state index is 5.70. The third kappa shape index (κ3) is 1.61. The standard InChI is InChI=1S/C9H10N4/c10-8-4-3-5-11-9(8)12-13-6-1-2-7-13/h1-7H,10H2,(H,11,12). The summed E-state index contributed by atoms with van der Waals surface area (Å²) in [6, 6.07) is 7.45. The third-order valence-corrected chi connectivity index (χ3v) is 1.68. The van der Waals surface area contributed by atoms with Crippen molar-refractivity contribution in [1.82, 2.24) is 9.66 Å². The predicted octanol–water partition coefficient (Wildman–Crippen LogP) is 1.34. The highest BCUT2D eigenvalue weighted by atomic mass is 15.4. The molecule has 66 valence electrons. The van der Waals surface area contributed by atoms with Crippen LogP contribution in [0.5, 0.6) is 0 Å². The smallest absolute Gasteiger partial charge is 0.168 e. The van der Waals surface area contributed by atoms with E-state index in [0.717, 1.165) is 0 Å². The molecule has 2 aromatic heterocycles. The van der Waals surface area contributed by atoms with Gasteiger partial charge in [0.15, 0.2) is 5.82 Å². The van der Waals surface area contributed by atoms with Crippen LogP contribution in [-0.2, 0) is 0 Å². The van der Waals surface area contributed by atoms with Crippen molar-refractivity contribution in [3.63, 3.8) is 0 Å². The van der Waals surface area contributed by atoms with E-state index in [4.69, 9.17) is 5.73 Å². The minimum Gasteiger partial charge on any atom is -0.396 e. The van der Waals surface area contributed by atoms with Crippen LogP contribution in [-0.4, -0.2) is 9.66 Å². The Balaban J connectivity index is 2.24. The molecule has 2 aromatic rings. The number of nitrogen functional groups attached to an aromatic ring is 1. The van der Waals surface area contributed by atoms with E-state index in [0.29, 0.717) is 11.5 Å². The van der Waals surface area contributed by atoms with Crippen LogP contribution in [0.25, 0.3) is 0 Å². The molecule has 2 rings (SSSR count). The van der Waals surface area contributed by atoms with Crippen LogP contribution in [0.4, 0.5) is 11.5 Å². The van der Waals surface area contributed by atoms with E-state index >= 15 is 0 Å². The Hall–Kier alpha value is -1.97. The van der Waals surface area contributed by atoms with Crippen molar-refractivity contribution in [2.75, 3.05) is 11.2 Å². The Labute approximate surface area is 76.0 Å². The molecule has 0 fully saturated rings. The Morgan fingerprint density at radius 1 is 1.23 bits per heavy atom. The summed E-state index contributed by atoms with van der Waals surface area (Å²) in [7, 11) is 0. The van der Waals surface area contributed by atoms with Crippen molar-refractivity contribution in [3.8, 4) is 0 Å². The molecule has 4 heteroatoms. The summed E-state index contributed by atoms with van der Waals surface area (Å²) in [6.45, 7) is 0. The molecule has 0 aliphatic carbocycles. The van der Waals surface area contributed by atoms with E-state index in [9.17, 15) is 0 Å². The first-order valence-electron chi connectivity index (χ1n) is 3.97. The SMILES string of the molecule is Nc1cccnc1Nn1cccc1. The van der Waals surface area contributed by atoms with Gasteiger partial charge in [-0.3, -0.25) is 10.1 Å². The zero-order valence-electron chi connectivity index (χ0n) is 7.01. The number of rotatable bonds is 2. The molecule has 0 unspecified atom stereocenters. The summed E-state index contributed by atoms with van der Waals surface area (Å²) >= 11 is 0. The second-order valence-corrected chi connectivity index (χ2v) is 2.64. The van der Waals surface area contributed by atoms with Gasteiger partial charge in [-0.1, -0.05) is 0 Å². The highest BCUT2D eigenvalue weighted by Gasteiger charge is 1.96. The van der Waals surface area contributed by atoms with Crippen LogP contribution in [0.15, 0.2) is 42.9 Å². The van der Waals surface area contributed by atoms with Crippen LogP contribution < -0.4 is 11.2 Å². The van der Waals surface area contributed by atoms with Gasteiger partial charge in [-0.15, -0.1) is 0 Å². The van der Waals surface area contributed by atoms with Gasteiger partial charge in [-0.05, 0) is 24.3 Å². The molecule has 0 saturated heterocycles. The summed E-state index contributed by atoms with van der Waals surface area (Å²) in [5.74, 6) is 0.665. The summed E-state index contributed by atoms with van der Waals surface area (Å²) in [5.41, 5.74) is 9.37. The van der Waals surface area contributed by atoms with E-state index in [1.54, 1.807) is 23.0 Å². The largest absolute Gasteiger partial charge is 0.396 e. The van der Waals surface area contributed by atoms with E-state index in [-0.39, 0.29) is 0 Å². The average molecular weight is 174 g/mol. The fourth-order valence-electron chi connectivity index (χ4n) is 1.04. The van der Waals surface area contributed by atoms with E-state index < -0.39 is 0 Å². The fraction of sp³-hybridized carbons (Fsp3) is 0. The first kappa shape index (κ1) is 7.67. The van der Waals surface area contributed by atoms with Gasteiger partial charge in [0.2, 0.25) is 0 Å². The Kier molecular flexibility index (Phi) is 1.88. The lowest BCUT2D eigenvalue weighted by atomic mass is 10.4. The highest BCUT2D eigenvalue weighted by Crippen LogP contribution is 2.12. The number of nitrogens with two attached hydrogens (primary N) is 1. The van der Waals surface area contributed by atoms with E-state index in [2.05, 4.69) is 10.4 Å². The van der Waals surface area contributed by atoms with Crippen LogP contribution in [0.3, 0.4) is 0 Å². The molecule has 3 N–H and O–H groups in total. The Morgan fingerprint density at radius 3 is 2.69 bits per heavy atom. The molecule has 0 bridgehead atoms. The molecule has 0 spiro atoms. The highest BCUT2D eigenvalue weighted by molar-refractivity contribution is 5.59. The van der Waals surface area contributed by atoms with Gasteiger partial charge in [0.05, 0.1) is 5.69 Å². The van der Waals surface area contributed by atoms with E-state index in [1.165, 1.54) is 0 Å². The Morgan fingerprint density at radius 2 is 2.00 bits per heavy atom. The lowest BCUT2D eigenvalue weighted by Gasteiger charge is -2.07. The Bertz CT molecular complexity index is 380. The van der Waals surface area contributed by atoms with Gasteiger partial charge in [0.25, 0.3) is 0 Å². The second kappa shape index (κ2) is 3.18. The predicted molar refractivity (Wildman–Crippen MR) is 52.1 cm³/mol. The van der Waals surface area contributed by atoms with Crippen molar-refractivity contribution in [2.24, 2.45) is 0 Å². The molecule has 0 radical (unpaired) electrons. The van der Waals surface area contributed by atoms with Gasteiger partial charge in [0, 0.05) is 18.6 Å². The van der Waals surface area contributed by atoms with Gasteiger partial charge in [-0.2, -0.15) is 0 Å². The van der Waals surface area contributed by atoms with Crippen molar-refractivity contribution < 1.29 is 0 Å². The zero-order valence-corrected chi connectivity index (χ0v) is 7.01. The third-order valence-electron chi connectivity index (χ3n) is 1.68. The molecule has 0 atom stereocenters. The van der Waals surface area contributed by atoms with Crippen molar-refractivity contribution in [2.45, 2.75) is 0 Å². The molecule has 0 amide bonds. The van der Waals surface area contributed by atoms with E-state index in [1.807, 2.05) is 24.5 Å². The second-order valence-electron chi connectivity index (χ2n) is 2.64. The van der Waals surface area contributed by atoms with Crippen molar-refractivity contribution >= 4 is 11.5 Å². The molecule has 0 aliphatic heterocycles. The van der Waals surface area contributed by atoms with Crippen LogP contribution in [0.2, 0.25) is 0 Å². The molecule has 0 saturated carbocycles. The van der Waals surface area contributed by atoms with Gasteiger partial charge < -0.3 is 5.73 Å². The van der Waals surface area contributed by atoms with Gasteiger partial charge in [-0.25, -0.2) is 4.98 Å². The molecule has 13 heavy (non-hydrogen) atoms. The maximum Gasteiger partial charge on any atom is 0.168 e. The maximum absolute atomic E-state index is 5.70. The summed E-state index contributed by atoms with van der Waals surface area (Å²) < 4.78 is 1.79. The number of nitrogens with zero attached hydrogens (tertiary/aromatic N) is 2. The minimum absolute atomic E-state index is 0.635. The van der Waals surface area contributed by atoms with Crippen molar-refractivity contribution in [1.29, 1.82) is 0 Å². The van der Waals surface area contributed by atoms with Crippen LogP contribution >= 0.6 is 0 Å². The monoisotopic (exact) mass is 174 g/mol.